The molecule has 0 saturated carbocycles. The minimum atomic E-state index is -4.59. The first-order chi connectivity index (χ1) is 17.1. The highest BCUT2D eigenvalue weighted by atomic mass is 32.2. The first kappa shape index (κ1) is 26.9. The molecule has 0 aromatic heterocycles. The average Bonchev–Trinajstić information content (AvgIpc) is 2.86. The third kappa shape index (κ3) is 7.15. The third-order valence-corrected chi connectivity index (χ3v) is 7.03. The number of nitrogens with one attached hydrogen (secondary N) is 1. The zero-order chi connectivity index (χ0) is 26.2. The summed E-state index contributed by atoms with van der Waals surface area (Å²) in [6.07, 6.45) is -3.38. The smallest absolute Gasteiger partial charge is 0.417 e. The van der Waals surface area contributed by atoms with Crippen LogP contribution < -0.4 is 10.2 Å². The maximum Gasteiger partial charge on any atom is 0.417 e. The highest BCUT2D eigenvalue weighted by Crippen LogP contribution is 2.31. The number of halogens is 3. The first-order valence-corrected chi connectivity index (χ1v) is 12.2. The van der Waals surface area contributed by atoms with Crippen molar-refractivity contribution in [3.63, 3.8) is 0 Å². The van der Waals surface area contributed by atoms with Crippen LogP contribution in [0.25, 0.3) is 0 Å². The van der Waals surface area contributed by atoms with Gasteiger partial charge in [-0.25, -0.2) is 13.8 Å². The number of carbonyl (C=O) groups excluding carboxylic acids is 1. The van der Waals surface area contributed by atoms with Crippen molar-refractivity contribution in [3.8, 4) is 5.75 Å². The van der Waals surface area contributed by atoms with Crippen LogP contribution in [0.15, 0.2) is 88.9 Å². The Morgan fingerprint density at radius 2 is 1.64 bits per heavy atom. The van der Waals surface area contributed by atoms with Gasteiger partial charge in [0.25, 0.3) is 5.91 Å². The second-order valence-electron chi connectivity index (χ2n) is 7.63. The van der Waals surface area contributed by atoms with Gasteiger partial charge in [-0.3, -0.25) is 4.79 Å². The molecule has 11 heteroatoms. The molecular formula is C25H24F3N3O4S. The Hall–Kier alpha value is -3.70. The van der Waals surface area contributed by atoms with E-state index >= 15 is 0 Å². The van der Waals surface area contributed by atoms with Crippen LogP contribution in [-0.2, 0) is 27.4 Å². The molecule has 0 aliphatic heterocycles. The van der Waals surface area contributed by atoms with Gasteiger partial charge < -0.3 is 4.74 Å². The van der Waals surface area contributed by atoms with Crippen LogP contribution in [0.3, 0.4) is 0 Å². The molecule has 0 aliphatic rings. The molecule has 7 nitrogen and oxygen atoms in total. The molecular weight excluding hydrogens is 495 g/mol. The Labute approximate surface area is 207 Å². The molecule has 190 valence electrons. The third-order valence-electron chi connectivity index (χ3n) is 5.17. The Morgan fingerprint density at radius 1 is 1.00 bits per heavy atom. The summed E-state index contributed by atoms with van der Waals surface area (Å²) in [5, 5.41) is 3.60. The summed E-state index contributed by atoms with van der Waals surface area (Å²) in [4.78, 5) is 12.5. The number of hydrogen-bond acceptors (Lipinski definition) is 5. The van der Waals surface area contributed by atoms with Gasteiger partial charge in [-0.05, 0) is 42.3 Å². The van der Waals surface area contributed by atoms with E-state index in [2.05, 4.69) is 10.5 Å². The number of hydrogen-bond donors (Lipinski definition) is 1. The fourth-order valence-electron chi connectivity index (χ4n) is 3.32. The Morgan fingerprint density at radius 3 is 2.28 bits per heavy atom. The van der Waals surface area contributed by atoms with E-state index in [1.54, 1.807) is 0 Å². The number of rotatable bonds is 10. The molecule has 0 fully saturated rings. The minimum absolute atomic E-state index is 0.00752. The van der Waals surface area contributed by atoms with Crippen molar-refractivity contribution in [1.29, 1.82) is 0 Å². The van der Waals surface area contributed by atoms with Crippen LogP contribution in [0, 0.1) is 0 Å². The molecule has 0 atom stereocenters. The second-order valence-corrected chi connectivity index (χ2v) is 9.57. The van der Waals surface area contributed by atoms with Crippen molar-refractivity contribution in [3.05, 3.63) is 95.6 Å². The van der Waals surface area contributed by atoms with Crippen LogP contribution in [0.2, 0.25) is 0 Å². The van der Waals surface area contributed by atoms with Crippen molar-refractivity contribution < 1.29 is 31.1 Å². The Balaban J connectivity index is 1.77. The maximum absolute atomic E-state index is 13.3. The lowest BCUT2D eigenvalue weighted by Gasteiger charge is -2.21. The van der Waals surface area contributed by atoms with Gasteiger partial charge in [-0.15, -0.1) is 0 Å². The molecule has 0 aliphatic carbocycles. The average molecular weight is 520 g/mol. The summed E-state index contributed by atoms with van der Waals surface area (Å²) < 4.78 is 72.0. The van der Waals surface area contributed by atoms with E-state index in [1.165, 1.54) is 49.6 Å². The van der Waals surface area contributed by atoms with Gasteiger partial charge in [-0.2, -0.15) is 22.6 Å². The van der Waals surface area contributed by atoms with Gasteiger partial charge in [0.05, 0.1) is 30.3 Å². The number of carbonyl (C=O) groups is 1. The molecule has 1 amide bonds. The van der Waals surface area contributed by atoms with Gasteiger partial charge in [0.15, 0.2) is 0 Å². The zero-order valence-corrected chi connectivity index (χ0v) is 20.1. The standard InChI is InChI=1S/C25H24F3N3O4S/c1-35-21-11-13-22(14-12-21)36(33,34)31(16-15-19-7-3-2-4-8-19)18-24(32)30-29-17-20-9-5-6-10-23(20)25(26,27)28/h2-14,17H,15-16,18H2,1H3,(H,30,32)/b29-17-. The predicted octanol–water partition coefficient (Wildman–Crippen LogP) is 4.10. The molecule has 36 heavy (non-hydrogen) atoms. The first-order valence-electron chi connectivity index (χ1n) is 10.8. The summed E-state index contributed by atoms with van der Waals surface area (Å²) in [7, 11) is -2.63. The molecule has 3 rings (SSSR count). The number of nitrogens with zero attached hydrogens (tertiary/aromatic N) is 2. The lowest BCUT2D eigenvalue weighted by atomic mass is 10.1. The van der Waals surface area contributed by atoms with Gasteiger partial charge in [-0.1, -0.05) is 48.5 Å². The molecule has 3 aromatic carbocycles. The molecule has 3 aromatic rings. The van der Waals surface area contributed by atoms with E-state index in [0.717, 1.165) is 22.1 Å². The maximum atomic E-state index is 13.3. The summed E-state index contributed by atoms with van der Waals surface area (Å²) >= 11 is 0. The fourth-order valence-corrected chi connectivity index (χ4v) is 4.71. The normalized spacial score (nSPS) is 12.1. The summed E-state index contributed by atoms with van der Waals surface area (Å²) in [6, 6.07) is 19.6. The van der Waals surface area contributed by atoms with Crippen LogP contribution >= 0.6 is 0 Å². The lowest BCUT2D eigenvalue weighted by molar-refractivity contribution is -0.137. The van der Waals surface area contributed by atoms with Crippen LogP contribution in [0.1, 0.15) is 16.7 Å². The second kappa shape index (κ2) is 11.8. The number of methoxy groups -OCH3 is 1. The largest absolute Gasteiger partial charge is 0.497 e. The van der Waals surface area contributed by atoms with E-state index in [1.807, 2.05) is 30.3 Å². The van der Waals surface area contributed by atoms with E-state index in [4.69, 9.17) is 4.74 Å². The number of benzene rings is 3. The van der Waals surface area contributed by atoms with Crippen molar-refractivity contribution in [1.82, 2.24) is 9.73 Å². The fraction of sp³-hybridized carbons (Fsp3) is 0.200. The number of ether oxygens (including phenoxy) is 1. The lowest BCUT2D eigenvalue weighted by Crippen LogP contribution is -2.40. The zero-order valence-electron chi connectivity index (χ0n) is 19.3. The van der Waals surface area contributed by atoms with Crippen LogP contribution in [0.4, 0.5) is 13.2 Å². The number of amides is 1. The topological polar surface area (TPSA) is 88.1 Å². The number of sulfonamides is 1. The van der Waals surface area contributed by atoms with Crippen molar-refractivity contribution in [2.75, 3.05) is 20.2 Å². The number of alkyl halides is 3. The molecule has 0 bridgehead atoms. The predicted molar refractivity (Wildman–Crippen MR) is 129 cm³/mol. The molecule has 0 unspecified atom stereocenters. The van der Waals surface area contributed by atoms with E-state index in [9.17, 15) is 26.4 Å². The Bertz CT molecular complexity index is 1300. The monoisotopic (exact) mass is 519 g/mol. The van der Waals surface area contributed by atoms with Crippen LogP contribution in [0.5, 0.6) is 5.75 Å². The van der Waals surface area contributed by atoms with Crippen molar-refractivity contribution >= 4 is 22.1 Å². The summed E-state index contributed by atoms with van der Waals surface area (Å²) in [5.41, 5.74) is 1.84. The molecule has 0 spiro atoms. The molecule has 0 saturated heterocycles. The SMILES string of the molecule is COc1ccc(S(=O)(=O)N(CCc2ccccc2)CC(=O)N/N=C\c2ccccc2C(F)(F)F)cc1. The minimum Gasteiger partial charge on any atom is -0.497 e. The van der Waals surface area contributed by atoms with E-state index in [-0.39, 0.29) is 17.0 Å². The van der Waals surface area contributed by atoms with Crippen molar-refractivity contribution in [2.24, 2.45) is 5.10 Å². The van der Waals surface area contributed by atoms with Crippen LogP contribution in [-0.4, -0.2) is 45.0 Å². The molecule has 0 heterocycles. The van der Waals surface area contributed by atoms with E-state index in [0.29, 0.717) is 12.2 Å². The van der Waals surface area contributed by atoms with E-state index < -0.39 is 34.2 Å². The summed E-state index contributed by atoms with van der Waals surface area (Å²) in [6.45, 7) is -0.591. The van der Waals surface area contributed by atoms with Gasteiger partial charge in [0.2, 0.25) is 10.0 Å². The van der Waals surface area contributed by atoms with Gasteiger partial charge >= 0.3 is 6.18 Å². The summed E-state index contributed by atoms with van der Waals surface area (Å²) in [5.74, 6) is -0.336. The molecule has 0 radical (unpaired) electrons. The quantitative estimate of drug-likeness (QED) is 0.323. The Kier molecular flexibility index (Phi) is 8.83. The highest BCUT2D eigenvalue weighted by molar-refractivity contribution is 7.89. The van der Waals surface area contributed by atoms with Gasteiger partial charge in [0, 0.05) is 12.1 Å². The highest BCUT2D eigenvalue weighted by Gasteiger charge is 2.32. The van der Waals surface area contributed by atoms with Crippen molar-refractivity contribution in [2.45, 2.75) is 17.5 Å². The van der Waals surface area contributed by atoms with Gasteiger partial charge in [0.1, 0.15) is 5.75 Å². The number of hydrazone groups is 1. The molecule has 1 N–H and O–H groups in total.